The molecule has 0 unspecified atom stereocenters. The van der Waals surface area contributed by atoms with Crippen LogP contribution in [0.5, 0.6) is 5.75 Å². The zero-order chi connectivity index (χ0) is 17.9. The third-order valence-corrected chi connectivity index (χ3v) is 4.36. The smallest absolute Gasteiger partial charge is 0.455 e. The number of nitrogens with one attached hydrogen (secondary N) is 1. The van der Waals surface area contributed by atoms with Crippen LogP contribution >= 0.6 is 11.3 Å². The molecule has 1 aromatic heterocycles. The molecule has 1 heterocycles. The number of carbonyl (C=O) groups is 2. The van der Waals surface area contributed by atoms with Crippen LogP contribution in [0, 0.1) is 0 Å². The standard InChI is InChI=1S/C16H14F3NO3S/c1-9(10-3-5-11(23-2)6-4-10)20-15(22)13-8-7-12(24-13)14(21)16(17,18)19/h3-9H,1-2H3,(H,20,22)/t9-/m1/s1. The zero-order valence-electron chi connectivity index (χ0n) is 12.8. The highest BCUT2D eigenvalue weighted by Gasteiger charge is 2.40. The summed E-state index contributed by atoms with van der Waals surface area (Å²) in [7, 11) is 1.54. The minimum absolute atomic E-state index is 0.0444. The minimum Gasteiger partial charge on any atom is -0.497 e. The summed E-state index contributed by atoms with van der Waals surface area (Å²) < 4.78 is 42.2. The molecule has 1 aromatic carbocycles. The van der Waals surface area contributed by atoms with Crippen molar-refractivity contribution in [2.24, 2.45) is 0 Å². The number of alkyl halides is 3. The molecule has 0 aliphatic rings. The van der Waals surface area contributed by atoms with E-state index in [-0.39, 0.29) is 10.9 Å². The van der Waals surface area contributed by atoms with Crippen molar-refractivity contribution in [2.75, 3.05) is 7.11 Å². The summed E-state index contributed by atoms with van der Waals surface area (Å²) in [5.74, 6) is -1.81. The predicted molar refractivity (Wildman–Crippen MR) is 83.6 cm³/mol. The third-order valence-electron chi connectivity index (χ3n) is 3.27. The number of ether oxygens (including phenoxy) is 1. The molecule has 0 bridgehead atoms. The van der Waals surface area contributed by atoms with Gasteiger partial charge in [0.15, 0.2) is 0 Å². The lowest BCUT2D eigenvalue weighted by Crippen LogP contribution is -2.26. The van der Waals surface area contributed by atoms with E-state index in [1.54, 1.807) is 31.2 Å². The van der Waals surface area contributed by atoms with Gasteiger partial charge in [0.2, 0.25) is 0 Å². The van der Waals surface area contributed by atoms with E-state index in [0.717, 1.165) is 11.6 Å². The Morgan fingerprint density at radius 3 is 2.21 bits per heavy atom. The SMILES string of the molecule is COc1ccc([C@@H](C)NC(=O)c2ccc(C(=O)C(F)(F)F)s2)cc1. The van der Waals surface area contributed by atoms with Gasteiger partial charge in [-0.1, -0.05) is 12.1 Å². The fourth-order valence-electron chi connectivity index (χ4n) is 1.97. The van der Waals surface area contributed by atoms with Gasteiger partial charge in [-0.15, -0.1) is 11.3 Å². The lowest BCUT2D eigenvalue weighted by molar-refractivity contribution is -0.0882. The first-order valence-corrected chi connectivity index (χ1v) is 7.70. The molecule has 0 aliphatic heterocycles. The number of ketones is 1. The van der Waals surface area contributed by atoms with Crippen LogP contribution in [0.3, 0.4) is 0 Å². The van der Waals surface area contributed by atoms with E-state index in [2.05, 4.69) is 5.32 Å². The van der Waals surface area contributed by atoms with Crippen LogP contribution in [0.4, 0.5) is 13.2 Å². The van der Waals surface area contributed by atoms with E-state index in [4.69, 9.17) is 4.74 Å². The average molecular weight is 357 g/mol. The first-order chi connectivity index (χ1) is 11.2. The van der Waals surface area contributed by atoms with Gasteiger partial charge in [0, 0.05) is 0 Å². The van der Waals surface area contributed by atoms with Gasteiger partial charge in [-0.25, -0.2) is 0 Å². The molecule has 2 rings (SSSR count). The minimum atomic E-state index is -4.95. The van der Waals surface area contributed by atoms with Crippen molar-refractivity contribution in [1.29, 1.82) is 0 Å². The molecule has 0 saturated heterocycles. The molecule has 1 N–H and O–H groups in total. The molecular formula is C16H14F3NO3S. The molecule has 0 aliphatic carbocycles. The Bertz CT molecular complexity index is 738. The summed E-state index contributed by atoms with van der Waals surface area (Å²) in [5, 5.41) is 2.68. The first-order valence-electron chi connectivity index (χ1n) is 6.88. The number of Topliss-reactive ketones (excluding diaryl/α,β-unsaturated/α-hetero) is 1. The number of hydrogen-bond donors (Lipinski definition) is 1. The number of thiophene rings is 1. The van der Waals surface area contributed by atoms with Gasteiger partial charge < -0.3 is 10.1 Å². The van der Waals surface area contributed by atoms with Crippen LogP contribution in [0.25, 0.3) is 0 Å². The van der Waals surface area contributed by atoms with Crippen LogP contribution in [-0.4, -0.2) is 25.0 Å². The highest BCUT2D eigenvalue weighted by Crippen LogP contribution is 2.27. The molecule has 128 valence electrons. The molecule has 1 atom stereocenters. The fourth-order valence-corrected chi connectivity index (χ4v) is 2.83. The van der Waals surface area contributed by atoms with Gasteiger partial charge in [-0.05, 0) is 36.8 Å². The molecule has 0 radical (unpaired) electrons. The third kappa shape index (κ3) is 4.14. The summed E-state index contributed by atoms with van der Waals surface area (Å²) in [5.41, 5.74) is 0.812. The monoisotopic (exact) mass is 357 g/mol. The Labute approximate surface area is 140 Å². The van der Waals surface area contributed by atoms with E-state index in [9.17, 15) is 22.8 Å². The summed E-state index contributed by atoms with van der Waals surface area (Å²) in [6.07, 6.45) is -4.95. The number of methoxy groups -OCH3 is 1. The number of benzene rings is 1. The quantitative estimate of drug-likeness (QED) is 0.823. The molecule has 0 fully saturated rings. The van der Waals surface area contributed by atoms with Crippen molar-refractivity contribution in [3.05, 3.63) is 51.7 Å². The lowest BCUT2D eigenvalue weighted by Gasteiger charge is -2.14. The predicted octanol–water partition coefficient (Wildman–Crippen LogP) is 3.99. The maximum Gasteiger partial charge on any atom is 0.455 e. The molecule has 1 amide bonds. The van der Waals surface area contributed by atoms with E-state index in [1.807, 2.05) is 0 Å². The van der Waals surface area contributed by atoms with Crippen LogP contribution in [0.15, 0.2) is 36.4 Å². The van der Waals surface area contributed by atoms with Gasteiger partial charge in [0.25, 0.3) is 11.7 Å². The highest BCUT2D eigenvalue weighted by atomic mass is 32.1. The molecular weight excluding hydrogens is 343 g/mol. The van der Waals surface area contributed by atoms with Crippen LogP contribution < -0.4 is 10.1 Å². The van der Waals surface area contributed by atoms with Crippen LogP contribution in [-0.2, 0) is 0 Å². The Hall–Kier alpha value is -2.35. The molecule has 0 saturated carbocycles. The van der Waals surface area contributed by atoms with E-state index >= 15 is 0 Å². The second-order valence-electron chi connectivity index (χ2n) is 4.96. The van der Waals surface area contributed by atoms with E-state index in [1.165, 1.54) is 13.2 Å². The molecule has 24 heavy (non-hydrogen) atoms. The first kappa shape index (κ1) is 18.0. The lowest BCUT2D eigenvalue weighted by atomic mass is 10.1. The maximum absolute atomic E-state index is 12.4. The van der Waals surface area contributed by atoms with Crippen molar-refractivity contribution in [3.63, 3.8) is 0 Å². The Kier molecular flexibility index (Phi) is 5.28. The number of halogens is 3. The number of hydrogen-bond acceptors (Lipinski definition) is 4. The average Bonchev–Trinajstić information content (AvgIpc) is 3.03. The van der Waals surface area contributed by atoms with Gasteiger partial charge in [-0.2, -0.15) is 13.2 Å². The van der Waals surface area contributed by atoms with Gasteiger partial charge in [-0.3, -0.25) is 9.59 Å². The highest BCUT2D eigenvalue weighted by molar-refractivity contribution is 7.16. The molecule has 2 aromatic rings. The number of rotatable bonds is 5. The van der Waals surface area contributed by atoms with Crippen molar-refractivity contribution < 1.29 is 27.5 Å². The normalized spacial score (nSPS) is 12.5. The molecule has 4 nitrogen and oxygen atoms in total. The fraction of sp³-hybridized carbons (Fsp3) is 0.250. The van der Waals surface area contributed by atoms with Crippen molar-refractivity contribution >= 4 is 23.0 Å². The Morgan fingerprint density at radius 2 is 1.67 bits per heavy atom. The summed E-state index contributed by atoms with van der Waals surface area (Å²) >= 11 is 0.518. The Balaban J connectivity index is 2.06. The Morgan fingerprint density at radius 1 is 1.08 bits per heavy atom. The molecule has 0 spiro atoms. The van der Waals surface area contributed by atoms with Gasteiger partial charge in [0.05, 0.1) is 22.9 Å². The topological polar surface area (TPSA) is 55.4 Å². The number of carbonyl (C=O) groups excluding carboxylic acids is 2. The van der Waals surface area contributed by atoms with Crippen molar-refractivity contribution in [3.8, 4) is 5.75 Å². The van der Waals surface area contributed by atoms with Gasteiger partial charge >= 0.3 is 6.18 Å². The largest absolute Gasteiger partial charge is 0.497 e. The van der Waals surface area contributed by atoms with Gasteiger partial charge in [0.1, 0.15) is 5.75 Å². The summed E-state index contributed by atoms with van der Waals surface area (Å²) in [4.78, 5) is 22.8. The van der Waals surface area contributed by atoms with Crippen LogP contribution in [0.2, 0.25) is 0 Å². The summed E-state index contributed by atoms with van der Waals surface area (Å²) in [6.45, 7) is 1.75. The maximum atomic E-state index is 12.4. The molecule has 8 heteroatoms. The second kappa shape index (κ2) is 7.04. The van der Waals surface area contributed by atoms with Crippen molar-refractivity contribution in [2.45, 2.75) is 19.1 Å². The van der Waals surface area contributed by atoms with E-state index in [0.29, 0.717) is 17.1 Å². The second-order valence-corrected chi connectivity index (χ2v) is 6.04. The van der Waals surface area contributed by atoms with E-state index < -0.39 is 22.7 Å². The summed E-state index contributed by atoms with van der Waals surface area (Å²) in [6, 6.07) is 8.89. The zero-order valence-corrected chi connectivity index (χ0v) is 13.6. The van der Waals surface area contributed by atoms with Crippen LogP contribution in [0.1, 0.15) is 37.9 Å². The number of amides is 1. The van der Waals surface area contributed by atoms with Crippen molar-refractivity contribution in [1.82, 2.24) is 5.32 Å².